The molecule has 4 rings (SSSR count). The van der Waals surface area contributed by atoms with Crippen molar-refractivity contribution in [3.63, 3.8) is 0 Å². The van der Waals surface area contributed by atoms with Crippen LogP contribution in [0, 0.1) is 10.1 Å². The molecule has 0 atom stereocenters. The quantitative estimate of drug-likeness (QED) is 0.242. The lowest BCUT2D eigenvalue weighted by Gasteiger charge is -2.24. The molecule has 12 heteroatoms. The number of aromatic nitrogens is 1. The van der Waals surface area contributed by atoms with E-state index in [-0.39, 0.29) is 11.7 Å². The maximum absolute atomic E-state index is 12.8. The van der Waals surface area contributed by atoms with E-state index in [0.29, 0.717) is 53.1 Å². The van der Waals surface area contributed by atoms with Gasteiger partial charge in [0.15, 0.2) is 5.01 Å². The second-order valence-corrected chi connectivity index (χ2v) is 8.73. The number of ether oxygens (including phenoxy) is 2. The number of hydrogen-bond acceptors (Lipinski definition) is 10. The molecule has 182 valence electrons. The lowest BCUT2D eigenvalue weighted by atomic mass is 10.2. The number of rotatable bonds is 8. The molecule has 0 radical (unpaired) electrons. The Labute approximate surface area is 205 Å². The number of hydrogen-bond donors (Lipinski definition) is 3. The number of benzene rings is 2. The van der Waals surface area contributed by atoms with Gasteiger partial charge >= 0.3 is 5.82 Å². The Morgan fingerprint density at radius 3 is 2.57 bits per heavy atom. The van der Waals surface area contributed by atoms with Crippen molar-refractivity contribution in [3.05, 3.63) is 80.2 Å². The molecule has 2 aromatic carbocycles. The Morgan fingerprint density at radius 1 is 1.17 bits per heavy atom. The maximum atomic E-state index is 12.8. The first-order valence-corrected chi connectivity index (χ1v) is 11.4. The number of anilines is 3. The Balaban J connectivity index is 1.46. The van der Waals surface area contributed by atoms with Crippen molar-refractivity contribution in [2.45, 2.75) is 13.0 Å². The first-order valence-electron chi connectivity index (χ1n) is 10.6. The first kappa shape index (κ1) is 23.8. The Morgan fingerprint density at radius 2 is 1.89 bits per heavy atom. The van der Waals surface area contributed by atoms with Gasteiger partial charge in [0.25, 0.3) is 5.91 Å². The molecule has 11 nitrogen and oxygen atoms in total. The number of fused-ring (bicyclic) bond motifs is 1. The SMILES string of the molecule is COc1ccc(NC(=CN2CCc3nc(C(=O)Nc4cc(OC)ccc4N)sc3C2)[N+](=O)[O-])cc1. The standard InChI is InChI=1S/C23H24N6O5S/c1-33-15-5-3-14(4-6-15)25-21(29(31)32)13-28-10-9-18-20(12-28)35-23(27-18)22(30)26-19-11-16(34-2)7-8-17(19)24/h3-8,11,13,25H,9-10,12,24H2,1-2H3,(H,26,30). The zero-order valence-electron chi connectivity index (χ0n) is 19.1. The Hall–Kier alpha value is -4.32. The number of methoxy groups -OCH3 is 2. The van der Waals surface area contributed by atoms with Crippen molar-refractivity contribution in [2.24, 2.45) is 0 Å². The van der Waals surface area contributed by atoms with Gasteiger partial charge in [-0.15, -0.1) is 11.3 Å². The third-order valence-electron chi connectivity index (χ3n) is 5.33. The summed E-state index contributed by atoms with van der Waals surface area (Å²) in [5, 5.41) is 17.5. The summed E-state index contributed by atoms with van der Waals surface area (Å²) in [6, 6.07) is 11.8. The summed E-state index contributed by atoms with van der Waals surface area (Å²) in [5.41, 5.74) is 8.19. The van der Waals surface area contributed by atoms with E-state index in [1.807, 2.05) is 4.90 Å². The molecular weight excluding hydrogens is 472 g/mol. The van der Waals surface area contributed by atoms with Crippen LogP contribution < -0.4 is 25.8 Å². The van der Waals surface area contributed by atoms with E-state index < -0.39 is 4.92 Å². The zero-order valence-corrected chi connectivity index (χ0v) is 19.9. The van der Waals surface area contributed by atoms with Crippen molar-refractivity contribution >= 4 is 34.3 Å². The van der Waals surface area contributed by atoms with Crippen LogP contribution in [0.25, 0.3) is 0 Å². The van der Waals surface area contributed by atoms with Crippen LogP contribution in [0.5, 0.6) is 11.5 Å². The third-order valence-corrected chi connectivity index (χ3v) is 6.41. The van der Waals surface area contributed by atoms with Gasteiger partial charge in [0.05, 0.1) is 44.0 Å². The predicted octanol–water partition coefficient (Wildman–Crippen LogP) is 3.54. The van der Waals surface area contributed by atoms with E-state index in [1.54, 1.807) is 49.6 Å². The van der Waals surface area contributed by atoms with Gasteiger partial charge in [-0.3, -0.25) is 4.79 Å². The molecule has 1 aliphatic heterocycles. The van der Waals surface area contributed by atoms with E-state index in [4.69, 9.17) is 15.2 Å². The molecule has 35 heavy (non-hydrogen) atoms. The minimum atomic E-state index is -0.468. The molecule has 0 saturated carbocycles. The first-order chi connectivity index (χ1) is 16.9. The third kappa shape index (κ3) is 5.61. The van der Waals surface area contributed by atoms with E-state index in [2.05, 4.69) is 15.6 Å². The fourth-order valence-corrected chi connectivity index (χ4v) is 4.52. The van der Waals surface area contributed by atoms with Crippen LogP contribution in [-0.2, 0) is 13.0 Å². The Kier molecular flexibility index (Phi) is 7.01. The largest absolute Gasteiger partial charge is 0.497 e. The highest BCUT2D eigenvalue weighted by Crippen LogP contribution is 2.29. The van der Waals surface area contributed by atoms with E-state index in [1.165, 1.54) is 24.6 Å². The highest BCUT2D eigenvalue weighted by Gasteiger charge is 2.24. The molecule has 0 aliphatic carbocycles. The molecule has 3 aromatic rings. The molecule has 1 amide bonds. The molecule has 4 N–H and O–H groups in total. The van der Waals surface area contributed by atoms with Crippen molar-refractivity contribution in [2.75, 3.05) is 37.1 Å². The fraction of sp³-hybridized carbons (Fsp3) is 0.217. The van der Waals surface area contributed by atoms with Crippen LogP contribution in [-0.4, -0.2) is 41.5 Å². The number of thiazole rings is 1. The van der Waals surface area contributed by atoms with Gasteiger partial charge in [-0.2, -0.15) is 0 Å². The van der Waals surface area contributed by atoms with Crippen molar-refractivity contribution in [3.8, 4) is 11.5 Å². The highest BCUT2D eigenvalue weighted by atomic mass is 32.1. The average molecular weight is 497 g/mol. The predicted molar refractivity (Wildman–Crippen MR) is 133 cm³/mol. The van der Waals surface area contributed by atoms with E-state index in [0.717, 1.165) is 10.6 Å². The molecule has 0 saturated heterocycles. The van der Waals surface area contributed by atoms with Gasteiger partial charge in [0.1, 0.15) is 17.2 Å². The van der Waals surface area contributed by atoms with Crippen LogP contribution in [0.1, 0.15) is 20.4 Å². The number of carbonyl (C=O) groups excluding carboxylic acids is 1. The highest BCUT2D eigenvalue weighted by molar-refractivity contribution is 7.13. The fourth-order valence-electron chi connectivity index (χ4n) is 3.49. The number of nitrogens with zero attached hydrogens (tertiary/aromatic N) is 3. The Bertz CT molecular complexity index is 1270. The lowest BCUT2D eigenvalue weighted by Crippen LogP contribution is -2.27. The van der Waals surface area contributed by atoms with Crippen LogP contribution in [0.4, 0.5) is 17.1 Å². The second kappa shape index (κ2) is 10.3. The lowest BCUT2D eigenvalue weighted by molar-refractivity contribution is -0.423. The number of nitrogens with two attached hydrogens (primary N) is 1. The maximum Gasteiger partial charge on any atom is 0.337 e. The minimum absolute atomic E-state index is 0.158. The number of nitro groups is 1. The topological polar surface area (TPSA) is 145 Å². The van der Waals surface area contributed by atoms with Gasteiger partial charge < -0.3 is 35.5 Å². The summed E-state index contributed by atoms with van der Waals surface area (Å²) < 4.78 is 10.3. The summed E-state index contributed by atoms with van der Waals surface area (Å²) in [7, 11) is 3.08. The molecule has 0 unspecified atom stereocenters. The van der Waals surface area contributed by atoms with Crippen molar-refractivity contribution in [1.29, 1.82) is 0 Å². The molecule has 1 aliphatic rings. The molecule has 0 fully saturated rings. The smallest absolute Gasteiger partial charge is 0.337 e. The summed E-state index contributed by atoms with van der Waals surface area (Å²) in [4.78, 5) is 31.1. The number of nitrogens with one attached hydrogen (secondary N) is 2. The summed E-state index contributed by atoms with van der Waals surface area (Å²) in [5.74, 6) is 0.693. The molecule has 0 bridgehead atoms. The van der Waals surface area contributed by atoms with Gasteiger partial charge in [-0.05, 0) is 41.3 Å². The number of nitrogen functional groups attached to an aromatic ring is 1. The second-order valence-electron chi connectivity index (χ2n) is 7.64. The zero-order chi connectivity index (χ0) is 24.9. The van der Waals surface area contributed by atoms with Crippen LogP contribution in [0.3, 0.4) is 0 Å². The summed E-state index contributed by atoms with van der Waals surface area (Å²) in [6.07, 6.45) is 2.04. The molecule has 1 aromatic heterocycles. The average Bonchev–Trinajstić information content (AvgIpc) is 3.29. The van der Waals surface area contributed by atoms with Gasteiger partial charge in [-0.25, -0.2) is 10.3 Å². The van der Waals surface area contributed by atoms with Crippen LogP contribution >= 0.6 is 11.3 Å². The van der Waals surface area contributed by atoms with Gasteiger partial charge in [0, 0.05) is 23.9 Å². The van der Waals surface area contributed by atoms with Crippen LogP contribution in [0.15, 0.2) is 54.5 Å². The van der Waals surface area contributed by atoms with Gasteiger partial charge in [-0.1, -0.05) is 0 Å². The van der Waals surface area contributed by atoms with E-state index >= 15 is 0 Å². The number of carbonyl (C=O) groups is 1. The molecule has 2 heterocycles. The molecular formula is C23H24N6O5S. The molecule has 0 spiro atoms. The summed E-state index contributed by atoms with van der Waals surface area (Å²) >= 11 is 1.26. The van der Waals surface area contributed by atoms with Crippen LogP contribution in [0.2, 0.25) is 0 Å². The normalized spacial score (nSPS) is 13.1. The number of amides is 1. The summed E-state index contributed by atoms with van der Waals surface area (Å²) in [6.45, 7) is 0.936. The minimum Gasteiger partial charge on any atom is -0.497 e. The monoisotopic (exact) mass is 496 g/mol. The van der Waals surface area contributed by atoms with Crippen molar-refractivity contribution in [1.82, 2.24) is 9.88 Å². The van der Waals surface area contributed by atoms with Gasteiger partial charge in [0.2, 0.25) is 0 Å². The van der Waals surface area contributed by atoms with E-state index in [9.17, 15) is 14.9 Å². The van der Waals surface area contributed by atoms with Crippen molar-refractivity contribution < 1.29 is 19.2 Å².